The Kier molecular flexibility index (Phi) is 7.84. The van der Waals surface area contributed by atoms with E-state index in [1.165, 1.54) is 29.9 Å². The molecule has 2 aromatic rings. The molecule has 0 spiro atoms. The third kappa shape index (κ3) is 5.77. The van der Waals surface area contributed by atoms with Crippen LogP contribution in [0.3, 0.4) is 0 Å². The SMILES string of the molecule is CN1CCc2c(N3CCNCC3)ccnc21.CN=Cc1cc(NC=O)c(OCC2CC2)cc1N. The molecule has 0 atom stereocenters. The number of piperazine rings is 1. The monoisotopic (exact) mass is 465 g/mol. The number of benzene rings is 1. The maximum absolute atomic E-state index is 10.6. The highest BCUT2D eigenvalue weighted by Crippen LogP contribution is 2.34. The number of amides is 1. The Hall–Kier alpha value is -3.33. The Morgan fingerprint density at radius 1 is 1.29 bits per heavy atom. The molecule has 0 unspecified atom stereocenters. The maximum Gasteiger partial charge on any atom is 0.211 e. The van der Waals surface area contributed by atoms with Gasteiger partial charge in [-0.25, -0.2) is 4.98 Å². The molecule has 34 heavy (non-hydrogen) atoms. The van der Waals surface area contributed by atoms with E-state index in [4.69, 9.17) is 10.5 Å². The summed E-state index contributed by atoms with van der Waals surface area (Å²) in [4.78, 5) is 23.7. The summed E-state index contributed by atoms with van der Waals surface area (Å²) in [5.41, 5.74) is 10.7. The lowest BCUT2D eigenvalue weighted by Gasteiger charge is -2.30. The number of nitrogen functional groups attached to an aromatic ring is 1. The smallest absolute Gasteiger partial charge is 0.211 e. The van der Waals surface area contributed by atoms with Crippen LogP contribution in [-0.4, -0.2) is 71.0 Å². The zero-order valence-electron chi connectivity index (χ0n) is 20.1. The van der Waals surface area contributed by atoms with E-state index >= 15 is 0 Å². The molecule has 0 bridgehead atoms. The first-order valence-corrected chi connectivity index (χ1v) is 11.9. The highest BCUT2D eigenvalue weighted by molar-refractivity contribution is 5.91. The Bertz CT molecular complexity index is 1020. The maximum atomic E-state index is 10.6. The van der Waals surface area contributed by atoms with Crippen LogP contribution in [0.1, 0.15) is 24.0 Å². The standard InChI is InChI=1S/C13H17N3O2.C12H18N4/c1-15-6-10-4-12(16-8-17)13(5-11(10)14)18-7-9-2-3-9;1-15-7-3-10-11(2-4-14-12(10)15)16-8-5-13-6-9-16/h4-6,8-9H,2-3,7,14H2,1H3,(H,16,17);2,4,13H,3,5-9H2,1H3. The van der Waals surface area contributed by atoms with Gasteiger partial charge in [-0.1, -0.05) is 0 Å². The number of anilines is 4. The summed E-state index contributed by atoms with van der Waals surface area (Å²) in [6.07, 6.45) is 7.79. The molecule has 1 saturated carbocycles. The number of likely N-dealkylation sites (N-methyl/N-ethyl adjacent to an activating group) is 1. The minimum Gasteiger partial charge on any atom is -0.491 e. The minimum atomic E-state index is 0.586. The third-order valence-electron chi connectivity index (χ3n) is 6.36. The van der Waals surface area contributed by atoms with Crippen molar-refractivity contribution >= 4 is 35.5 Å². The topological polar surface area (TPSA) is 108 Å². The number of pyridine rings is 1. The number of aromatic nitrogens is 1. The highest BCUT2D eigenvalue weighted by atomic mass is 16.5. The van der Waals surface area contributed by atoms with Gasteiger partial charge < -0.3 is 30.9 Å². The Labute approximate surface area is 201 Å². The van der Waals surface area contributed by atoms with Crippen molar-refractivity contribution in [1.29, 1.82) is 0 Å². The summed E-state index contributed by atoms with van der Waals surface area (Å²) < 4.78 is 5.68. The highest BCUT2D eigenvalue weighted by Gasteiger charge is 2.24. The number of aliphatic imine (C=N–C) groups is 1. The van der Waals surface area contributed by atoms with E-state index in [2.05, 4.69) is 43.5 Å². The molecule has 1 saturated heterocycles. The summed E-state index contributed by atoms with van der Waals surface area (Å²) in [6.45, 7) is 6.18. The van der Waals surface area contributed by atoms with E-state index in [-0.39, 0.29) is 0 Å². The zero-order valence-corrected chi connectivity index (χ0v) is 20.1. The summed E-state index contributed by atoms with van der Waals surface area (Å²) in [7, 11) is 3.80. The molecule has 3 aliphatic rings. The minimum absolute atomic E-state index is 0.586. The van der Waals surface area contributed by atoms with Crippen LogP contribution in [0.2, 0.25) is 0 Å². The van der Waals surface area contributed by atoms with Crippen LogP contribution in [0, 0.1) is 5.92 Å². The number of carbonyl (C=O) groups is 1. The van der Waals surface area contributed by atoms with Gasteiger partial charge in [0.1, 0.15) is 11.6 Å². The second kappa shape index (κ2) is 11.2. The van der Waals surface area contributed by atoms with Crippen molar-refractivity contribution < 1.29 is 9.53 Å². The number of nitrogens with two attached hydrogens (primary N) is 1. The number of nitrogens with zero attached hydrogens (tertiary/aromatic N) is 4. The summed E-state index contributed by atoms with van der Waals surface area (Å²) in [5, 5.41) is 6.02. The first-order valence-electron chi connectivity index (χ1n) is 11.9. The number of carbonyl (C=O) groups excluding carboxylic acids is 1. The fourth-order valence-corrected chi connectivity index (χ4v) is 4.28. The Balaban J connectivity index is 0.000000162. The van der Waals surface area contributed by atoms with Gasteiger partial charge >= 0.3 is 0 Å². The number of ether oxygens (including phenoxy) is 1. The van der Waals surface area contributed by atoms with Crippen molar-refractivity contribution in [3.05, 3.63) is 35.5 Å². The van der Waals surface area contributed by atoms with Crippen LogP contribution in [0.25, 0.3) is 0 Å². The average molecular weight is 466 g/mol. The van der Waals surface area contributed by atoms with Crippen LogP contribution < -0.4 is 30.9 Å². The first kappa shape index (κ1) is 23.8. The van der Waals surface area contributed by atoms with Crippen LogP contribution in [0.5, 0.6) is 5.75 Å². The van der Waals surface area contributed by atoms with Crippen molar-refractivity contribution in [1.82, 2.24) is 10.3 Å². The molecule has 0 radical (unpaired) electrons. The predicted molar refractivity (Wildman–Crippen MR) is 139 cm³/mol. The van der Waals surface area contributed by atoms with Crippen molar-refractivity contribution in [3.8, 4) is 5.75 Å². The molecule has 9 nitrogen and oxygen atoms in total. The van der Waals surface area contributed by atoms with E-state index in [9.17, 15) is 4.79 Å². The normalized spacial score (nSPS) is 17.2. The fourth-order valence-electron chi connectivity index (χ4n) is 4.28. The van der Waals surface area contributed by atoms with Crippen molar-refractivity contribution in [3.63, 3.8) is 0 Å². The molecule has 182 valence electrons. The molecule has 1 aromatic heterocycles. The van der Waals surface area contributed by atoms with E-state index in [0.717, 1.165) is 44.7 Å². The van der Waals surface area contributed by atoms with Crippen LogP contribution in [-0.2, 0) is 11.2 Å². The largest absolute Gasteiger partial charge is 0.491 e. The van der Waals surface area contributed by atoms with Gasteiger partial charge in [0.2, 0.25) is 6.41 Å². The quantitative estimate of drug-likeness (QED) is 0.327. The lowest BCUT2D eigenvalue weighted by Crippen LogP contribution is -2.43. The molecule has 2 fully saturated rings. The molecule has 4 N–H and O–H groups in total. The number of rotatable bonds is 7. The van der Waals surface area contributed by atoms with Gasteiger partial charge in [-0.3, -0.25) is 9.79 Å². The van der Waals surface area contributed by atoms with Crippen molar-refractivity contribution in [2.24, 2.45) is 10.9 Å². The molecule has 9 heteroatoms. The van der Waals surface area contributed by atoms with Gasteiger partial charge in [-0.2, -0.15) is 0 Å². The number of hydrogen-bond acceptors (Lipinski definition) is 8. The second-order valence-electron chi connectivity index (χ2n) is 8.92. The predicted octanol–water partition coefficient (Wildman–Crippen LogP) is 2.16. The number of hydrogen-bond donors (Lipinski definition) is 3. The lowest BCUT2D eigenvalue weighted by atomic mass is 10.1. The fraction of sp³-hybridized carbons (Fsp3) is 0.480. The summed E-state index contributed by atoms with van der Waals surface area (Å²) in [6, 6.07) is 5.66. The molecule has 1 aliphatic carbocycles. The van der Waals surface area contributed by atoms with Gasteiger partial charge in [-0.05, 0) is 37.3 Å². The molecule has 3 heterocycles. The number of fused-ring (bicyclic) bond motifs is 1. The van der Waals surface area contributed by atoms with Crippen molar-refractivity contribution in [2.75, 3.05) is 74.3 Å². The molecular formula is C25H35N7O2. The van der Waals surface area contributed by atoms with Gasteiger partial charge in [0.15, 0.2) is 0 Å². The Morgan fingerprint density at radius 2 is 2.09 bits per heavy atom. The van der Waals surface area contributed by atoms with Crippen LogP contribution in [0.15, 0.2) is 29.4 Å². The van der Waals surface area contributed by atoms with Crippen LogP contribution >= 0.6 is 0 Å². The molecule has 2 aliphatic heterocycles. The summed E-state index contributed by atoms with van der Waals surface area (Å²) >= 11 is 0. The molecule has 1 aromatic carbocycles. The van der Waals surface area contributed by atoms with Gasteiger partial charge in [0, 0.05) is 87.8 Å². The zero-order chi connectivity index (χ0) is 23.9. The van der Waals surface area contributed by atoms with Gasteiger partial charge in [0.25, 0.3) is 0 Å². The lowest BCUT2D eigenvalue weighted by molar-refractivity contribution is -0.105. The number of nitrogens with one attached hydrogen (secondary N) is 2. The third-order valence-corrected chi connectivity index (χ3v) is 6.36. The van der Waals surface area contributed by atoms with Crippen LogP contribution in [0.4, 0.5) is 22.9 Å². The average Bonchev–Trinajstić information content (AvgIpc) is 3.62. The van der Waals surface area contributed by atoms with Gasteiger partial charge in [-0.15, -0.1) is 0 Å². The first-order chi connectivity index (χ1) is 16.6. The summed E-state index contributed by atoms with van der Waals surface area (Å²) in [5.74, 6) is 2.43. The van der Waals surface area contributed by atoms with E-state index < -0.39 is 0 Å². The molecule has 1 amide bonds. The molecule has 5 rings (SSSR count). The van der Waals surface area contributed by atoms with E-state index in [1.54, 1.807) is 25.4 Å². The van der Waals surface area contributed by atoms with Gasteiger partial charge in [0.05, 0.1) is 12.3 Å². The second-order valence-corrected chi connectivity index (χ2v) is 8.92. The Morgan fingerprint density at radius 3 is 2.79 bits per heavy atom. The molecular weight excluding hydrogens is 430 g/mol. The van der Waals surface area contributed by atoms with Crippen molar-refractivity contribution in [2.45, 2.75) is 19.3 Å². The van der Waals surface area contributed by atoms with E-state index in [1.807, 2.05) is 6.20 Å². The van der Waals surface area contributed by atoms with E-state index in [0.29, 0.717) is 36.1 Å².